The molecule has 2 rings (SSSR count). The third-order valence-electron chi connectivity index (χ3n) is 2.75. The van der Waals surface area contributed by atoms with Crippen LogP contribution in [0.3, 0.4) is 0 Å². The van der Waals surface area contributed by atoms with Gasteiger partial charge in [0.2, 0.25) is 0 Å². The van der Waals surface area contributed by atoms with Crippen molar-refractivity contribution in [2.75, 3.05) is 0 Å². The van der Waals surface area contributed by atoms with E-state index in [1.165, 1.54) is 0 Å². The van der Waals surface area contributed by atoms with Gasteiger partial charge < -0.3 is 9.84 Å². The molecule has 0 bridgehead atoms. The number of carboxylic acids is 1. The summed E-state index contributed by atoms with van der Waals surface area (Å²) < 4.78 is 5.54. The largest absolute Gasteiger partial charge is 0.479 e. The van der Waals surface area contributed by atoms with Crippen LogP contribution in [0.4, 0.5) is 0 Å². The Morgan fingerprint density at radius 1 is 1.28 bits per heavy atom. The minimum atomic E-state index is -0.962. The predicted molar refractivity (Wildman–Crippen MR) is 71.3 cm³/mol. The van der Waals surface area contributed by atoms with Gasteiger partial charge in [0.15, 0.2) is 6.10 Å². The van der Waals surface area contributed by atoms with Crippen molar-refractivity contribution in [3.05, 3.63) is 41.4 Å². The zero-order valence-electron chi connectivity index (χ0n) is 9.89. The molecule has 2 aromatic rings. The van der Waals surface area contributed by atoms with Gasteiger partial charge in [0.25, 0.3) is 0 Å². The summed E-state index contributed by atoms with van der Waals surface area (Å²) in [7, 11) is 0. The van der Waals surface area contributed by atoms with Crippen molar-refractivity contribution in [2.24, 2.45) is 0 Å². The molecule has 0 fully saturated rings. The van der Waals surface area contributed by atoms with E-state index in [0.717, 1.165) is 10.8 Å². The molecule has 0 amide bonds. The Labute approximate surface area is 110 Å². The molecule has 2 aromatic carbocycles. The van der Waals surface area contributed by atoms with Crippen LogP contribution in [0.1, 0.15) is 13.3 Å². The lowest BCUT2D eigenvalue weighted by molar-refractivity contribution is -0.145. The summed E-state index contributed by atoms with van der Waals surface area (Å²) in [4.78, 5) is 11.0. The van der Waals surface area contributed by atoms with E-state index >= 15 is 0 Å². The maximum Gasteiger partial charge on any atom is 0.344 e. The van der Waals surface area contributed by atoms with E-state index in [2.05, 4.69) is 0 Å². The van der Waals surface area contributed by atoms with Gasteiger partial charge >= 0.3 is 5.97 Å². The normalized spacial score (nSPS) is 12.3. The minimum Gasteiger partial charge on any atom is -0.479 e. The molecule has 0 aromatic heterocycles. The lowest BCUT2D eigenvalue weighted by atomic mass is 10.1. The number of hydrogen-bond acceptors (Lipinski definition) is 2. The average Bonchev–Trinajstić information content (AvgIpc) is 2.38. The van der Waals surface area contributed by atoms with E-state index in [4.69, 9.17) is 21.4 Å². The molecule has 0 saturated heterocycles. The second-order valence-corrected chi connectivity index (χ2v) is 4.35. The second-order valence-electron chi connectivity index (χ2n) is 3.94. The van der Waals surface area contributed by atoms with Crippen molar-refractivity contribution in [3.8, 4) is 5.75 Å². The molecule has 1 N–H and O–H groups in total. The SMILES string of the molecule is CC[C@H](Oc1ccc(Cl)c2ccccc12)C(=O)O. The molecule has 4 heteroatoms. The monoisotopic (exact) mass is 264 g/mol. The summed E-state index contributed by atoms with van der Waals surface area (Å²) >= 11 is 6.09. The van der Waals surface area contributed by atoms with Crippen molar-refractivity contribution in [3.63, 3.8) is 0 Å². The number of rotatable bonds is 4. The third kappa shape index (κ3) is 2.41. The van der Waals surface area contributed by atoms with Gasteiger partial charge in [0, 0.05) is 15.8 Å². The molecule has 94 valence electrons. The van der Waals surface area contributed by atoms with Crippen LogP contribution in [-0.4, -0.2) is 17.2 Å². The zero-order valence-corrected chi connectivity index (χ0v) is 10.6. The van der Waals surface area contributed by atoms with Gasteiger partial charge in [-0.25, -0.2) is 4.79 Å². The highest BCUT2D eigenvalue weighted by atomic mass is 35.5. The Kier molecular flexibility index (Phi) is 3.72. The topological polar surface area (TPSA) is 46.5 Å². The van der Waals surface area contributed by atoms with Crippen LogP contribution in [-0.2, 0) is 4.79 Å². The van der Waals surface area contributed by atoms with Crippen LogP contribution < -0.4 is 4.74 Å². The summed E-state index contributed by atoms with van der Waals surface area (Å²) in [5.74, 6) is -0.416. The molecule has 18 heavy (non-hydrogen) atoms. The average molecular weight is 265 g/mol. The van der Waals surface area contributed by atoms with E-state index < -0.39 is 12.1 Å². The molecular formula is C14H13ClO3. The predicted octanol–water partition coefficient (Wildman–Crippen LogP) is 3.74. The highest BCUT2D eigenvalue weighted by molar-refractivity contribution is 6.35. The smallest absolute Gasteiger partial charge is 0.344 e. The van der Waals surface area contributed by atoms with Crippen molar-refractivity contribution < 1.29 is 14.6 Å². The number of halogens is 1. The molecule has 0 aliphatic heterocycles. The first-order chi connectivity index (χ1) is 8.63. The van der Waals surface area contributed by atoms with Crippen LogP contribution in [0, 0.1) is 0 Å². The Balaban J connectivity index is 2.45. The molecule has 0 unspecified atom stereocenters. The first-order valence-corrected chi connectivity index (χ1v) is 6.08. The molecule has 0 aliphatic carbocycles. The number of fused-ring (bicyclic) bond motifs is 1. The molecule has 0 radical (unpaired) electrons. The van der Waals surface area contributed by atoms with Crippen LogP contribution >= 0.6 is 11.6 Å². The van der Waals surface area contributed by atoms with Gasteiger partial charge in [-0.3, -0.25) is 0 Å². The van der Waals surface area contributed by atoms with Crippen LogP contribution in [0.5, 0.6) is 5.75 Å². The standard InChI is InChI=1S/C14H13ClO3/c1-2-12(14(16)17)18-13-8-7-11(15)9-5-3-4-6-10(9)13/h3-8,12H,2H2,1H3,(H,16,17)/t12-/m0/s1. The fourth-order valence-electron chi connectivity index (χ4n) is 1.80. The van der Waals surface area contributed by atoms with Gasteiger partial charge in [-0.05, 0) is 18.6 Å². The molecule has 3 nitrogen and oxygen atoms in total. The van der Waals surface area contributed by atoms with Crippen molar-refractivity contribution >= 4 is 28.3 Å². The third-order valence-corrected chi connectivity index (χ3v) is 3.08. The van der Waals surface area contributed by atoms with Crippen molar-refractivity contribution in [1.29, 1.82) is 0 Å². The molecular weight excluding hydrogens is 252 g/mol. The first-order valence-electron chi connectivity index (χ1n) is 5.70. The molecule has 0 spiro atoms. The van der Waals surface area contributed by atoms with Gasteiger partial charge in [-0.2, -0.15) is 0 Å². The maximum absolute atomic E-state index is 11.0. The summed E-state index contributed by atoms with van der Waals surface area (Å²) in [5, 5.41) is 11.3. The van der Waals surface area contributed by atoms with E-state index in [-0.39, 0.29) is 0 Å². The van der Waals surface area contributed by atoms with Crippen LogP contribution in [0.25, 0.3) is 10.8 Å². The fraction of sp³-hybridized carbons (Fsp3) is 0.214. The van der Waals surface area contributed by atoms with Crippen molar-refractivity contribution in [1.82, 2.24) is 0 Å². The zero-order chi connectivity index (χ0) is 13.1. The Morgan fingerprint density at radius 2 is 1.94 bits per heavy atom. The van der Waals surface area contributed by atoms with E-state index in [1.807, 2.05) is 24.3 Å². The maximum atomic E-state index is 11.0. The highest BCUT2D eigenvalue weighted by Gasteiger charge is 2.18. The Morgan fingerprint density at radius 3 is 2.56 bits per heavy atom. The summed E-state index contributed by atoms with van der Waals surface area (Å²) in [6.07, 6.45) is -0.429. The van der Waals surface area contributed by atoms with Crippen LogP contribution in [0.2, 0.25) is 5.02 Å². The lowest BCUT2D eigenvalue weighted by Gasteiger charge is -2.15. The fourth-order valence-corrected chi connectivity index (χ4v) is 2.03. The highest BCUT2D eigenvalue weighted by Crippen LogP contribution is 2.32. The number of aliphatic carboxylic acids is 1. The van der Waals surface area contributed by atoms with E-state index in [0.29, 0.717) is 17.2 Å². The number of hydrogen-bond donors (Lipinski definition) is 1. The first kappa shape index (κ1) is 12.7. The van der Waals surface area contributed by atoms with E-state index in [9.17, 15) is 4.79 Å². The van der Waals surface area contributed by atoms with Gasteiger partial charge in [0.05, 0.1) is 0 Å². The summed E-state index contributed by atoms with van der Waals surface area (Å²) in [6.45, 7) is 1.77. The quantitative estimate of drug-likeness (QED) is 0.915. The Bertz CT molecular complexity index is 580. The van der Waals surface area contributed by atoms with Gasteiger partial charge in [0.1, 0.15) is 5.75 Å². The molecule has 0 saturated carbocycles. The number of carbonyl (C=O) groups is 1. The number of ether oxygens (including phenoxy) is 1. The Hall–Kier alpha value is -1.74. The minimum absolute atomic E-state index is 0.409. The van der Waals surface area contributed by atoms with Crippen LogP contribution in [0.15, 0.2) is 36.4 Å². The second kappa shape index (κ2) is 5.27. The van der Waals surface area contributed by atoms with Gasteiger partial charge in [-0.15, -0.1) is 0 Å². The number of benzene rings is 2. The molecule has 1 atom stereocenters. The van der Waals surface area contributed by atoms with E-state index in [1.54, 1.807) is 19.1 Å². The van der Waals surface area contributed by atoms with Crippen molar-refractivity contribution in [2.45, 2.75) is 19.4 Å². The molecule has 0 heterocycles. The summed E-state index contributed by atoms with van der Waals surface area (Å²) in [5.41, 5.74) is 0. The summed E-state index contributed by atoms with van der Waals surface area (Å²) in [6, 6.07) is 10.9. The van der Waals surface area contributed by atoms with Gasteiger partial charge in [-0.1, -0.05) is 42.8 Å². The molecule has 0 aliphatic rings. The number of carboxylic acid groups (broad SMARTS) is 1. The lowest BCUT2D eigenvalue weighted by Crippen LogP contribution is -2.25.